The number of aliphatic hydroxyl groups is 1. The Morgan fingerprint density at radius 3 is 2.76 bits per heavy atom. The van der Waals surface area contributed by atoms with Gasteiger partial charge in [-0.05, 0) is 62.0 Å². The molecule has 0 heterocycles. The van der Waals surface area contributed by atoms with Gasteiger partial charge in [-0.25, -0.2) is 0 Å². The summed E-state index contributed by atoms with van der Waals surface area (Å²) >= 11 is 0. The van der Waals surface area contributed by atoms with Crippen LogP contribution in [0.5, 0.6) is 0 Å². The molecule has 3 nitrogen and oxygen atoms in total. The second-order valence-electron chi connectivity index (χ2n) is 9.21. The lowest BCUT2D eigenvalue weighted by Gasteiger charge is -2.58. The first-order valence-electron chi connectivity index (χ1n) is 9.49. The molecule has 3 fully saturated rings. The molecule has 134 valence electrons. The van der Waals surface area contributed by atoms with Gasteiger partial charge in [-0.15, -0.1) is 0 Å². The maximum atomic E-state index is 12.3. The SMILES string of the molecule is C=C1C[C@H]2[C@@H]3CCC4=CC(=O)C=C[C@]4(C)[C@H]3C(O)C[C@]2(C)[C@H]1C(C)=O. The third-order valence-corrected chi connectivity index (χ3v) is 7.89. The molecule has 0 radical (unpaired) electrons. The number of carbonyl (C=O) groups excluding carboxylic acids is 2. The standard InChI is InChI=1S/C22H28O3/c1-12-9-17-16-6-5-14-10-15(24)7-8-21(14,3)20(16)18(25)11-22(17,4)19(12)13(2)23/h7-8,10,16-20,25H,1,5-6,9,11H2,2-4H3/t16-,17-,18?,19+,20+,21-,22-/m0/s1. The summed E-state index contributed by atoms with van der Waals surface area (Å²) in [6.07, 6.45) is 8.46. The van der Waals surface area contributed by atoms with Gasteiger partial charge in [-0.2, -0.15) is 0 Å². The van der Waals surface area contributed by atoms with E-state index in [1.807, 2.05) is 6.08 Å². The van der Waals surface area contributed by atoms with E-state index in [1.54, 1.807) is 19.1 Å². The van der Waals surface area contributed by atoms with E-state index in [9.17, 15) is 14.7 Å². The van der Waals surface area contributed by atoms with Gasteiger partial charge in [-0.3, -0.25) is 9.59 Å². The number of hydrogen-bond donors (Lipinski definition) is 1. The molecule has 0 spiro atoms. The highest BCUT2D eigenvalue weighted by Gasteiger charge is 2.63. The third-order valence-electron chi connectivity index (χ3n) is 7.89. The summed E-state index contributed by atoms with van der Waals surface area (Å²) in [5.74, 6) is 1.01. The Hall–Kier alpha value is -1.48. The minimum absolute atomic E-state index is 0.0620. The van der Waals surface area contributed by atoms with Crippen LogP contribution in [0, 0.1) is 34.5 Å². The maximum absolute atomic E-state index is 12.3. The van der Waals surface area contributed by atoms with Crippen LogP contribution in [0.4, 0.5) is 0 Å². The maximum Gasteiger partial charge on any atom is 0.178 e. The molecular weight excluding hydrogens is 312 g/mol. The molecule has 25 heavy (non-hydrogen) atoms. The predicted molar refractivity (Wildman–Crippen MR) is 96.7 cm³/mol. The molecule has 0 bridgehead atoms. The largest absolute Gasteiger partial charge is 0.393 e. The van der Waals surface area contributed by atoms with Crippen molar-refractivity contribution in [2.45, 2.75) is 52.6 Å². The molecule has 0 aromatic rings. The van der Waals surface area contributed by atoms with Crippen LogP contribution in [0.1, 0.15) is 46.5 Å². The zero-order chi connectivity index (χ0) is 18.1. The summed E-state index contributed by atoms with van der Waals surface area (Å²) in [7, 11) is 0. The van der Waals surface area contributed by atoms with Crippen molar-refractivity contribution < 1.29 is 14.7 Å². The first kappa shape index (κ1) is 17.0. The number of ketones is 2. The molecule has 3 heteroatoms. The predicted octanol–water partition coefficient (Wildman–Crippen LogP) is 3.64. The lowest BCUT2D eigenvalue weighted by atomic mass is 9.46. The zero-order valence-electron chi connectivity index (χ0n) is 15.4. The van der Waals surface area contributed by atoms with E-state index >= 15 is 0 Å². The van der Waals surface area contributed by atoms with Crippen LogP contribution in [0.15, 0.2) is 36.0 Å². The molecule has 3 saturated carbocycles. The van der Waals surface area contributed by atoms with Gasteiger partial charge in [0, 0.05) is 17.3 Å². The highest BCUT2D eigenvalue weighted by Crippen LogP contribution is 2.66. The molecule has 7 atom stereocenters. The van der Waals surface area contributed by atoms with Gasteiger partial charge in [0.25, 0.3) is 0 Å². The average Bonchev–Trinajstić information content (AvgIpc) is 2.77. The van der Waals surface area contributed by atoms with E-state index < -0.39 is 6.10 Å². The minimum Gasteiger partial charge on any atom is -0.393 e. The quantitative estimate of drug-likeness (QED) is 0.742. The summed E-state index contributed by atoms with van der Waals surface area (Å²) in [6.45, 7) is 10.3. The number of hydrogen-bond acceptors (Lipinski definition) is 3. The number of carbonyl (C=O) groups is 2. The zero-order valence-corrected chi connectivity index (χ0v) is 15.4. The van der Waals surface area contributed by atoms with Gasteiger partial charge in [-0.1, -0.05) is 37.6 Å². The summed E-state index contributed by atoms with van der Waals surface area (Å²) in [6, 6.07) is 0. The van der Waals surface area contributed by atoms with Crippen LogP contribution in [0.3, 0.4) is 0 Å². The van der Waals surface area contributed by atoms with Crippen molar-refractivity contribution >= 4 is 11.6 Å². The van der Waals surface area contributed by atoms with Gasteiger partial charge in [0.2, 0.25) is 0 Å². The van der Waals surface area contributed by atoms with E-state index in [-0.39, 0.29) is 34.2 Å². The van der Waals surface area contributed by atoms with Crippen molar-refractivity contribution in [1.29, 1.82) is 0 Å². The molecule has 0 aliphatic heterocycles. The smallest absolute Gasteiger partial charge is 0.178 e. The van der Waals surface area contributed by atoms with Crippen molar-refractivity contribution in [2.75, 3.05) is 0 Å². The lowest BCUT2D eigenvalue weighted by Crippen LogP contribution is -2.56. The van der Waals surface area contributed by atoms with Crippen molar-refractivity contribution in [3.05, 3.63) is 36.0 Å². The molecule has 0 aromatic carbocycles. The van der Waals surface area contributed by atoms with Crippen LogP contribution in [-0.4, -0.2) is 22.8 Å². The van der Waals surface area contributed by atoms with Crippen molar-refractivity contribution in [3.8, 4) is 0 Å². The van der Waals surface area contributed by atoms with Crippen LogP contribution in [0.25, 0.3) is 0 Å². The summed E-state index contributed by atoms with van der Waals surface area (Å²) < 4.78 is 0. The van der Waals surface area contributed by atoms with Gasteiger partial charge >= 0.3 is 0 Å². The topological polar surface area (TPSA) is 54.4 Å². The molecular formula is C22H28O3. The summed E-state index contributed by atoms with van der Waals surface area (Å²) in [4.78, 5) is 24.1. The highest BCUT2D eigenvalue weighted by molar-refractivity contribution is 6.01. The Morgan fingerprint density at radius 2 is 2.08 bits per heavy atom. The molecule has 4 aliphatic carbocycles. The van der Waals surface area contributed by atoms with Crippen LogP contribution in [-0.2, 0) is 9.59 Å². The molecule has 0 amide bonds. The van der Waals surface area contributed by atoms with E-state index in [0.29, 0.717) is 18.3 Å². The monoisotopic (exact) mass is 340 g/mol. The van der Waals surface area contributed by atoms with Crippen LogP contribution in [0.2, 0.25) is 0 Å². The number of aliphatic hydroxyl groups excluding tert-OH is 1. The van der Waals surface area contributed by atoms with E-state index in [4.69, 9.17) is 0 Å². The Bertz CT molecular complexity index is 730. The molecule has 1 unspecified atom stereocenters. The molecule has 0 aromatic heterocycles. The van der Waals surface area contributed by atoms with Gasteiger partial charge in [0.1, 0.15) is 5.78 Å². The molecule has 1 N–H and O–H groups in total. The number of Topliss-reactive ketones (excluding diaryl/α,β-unsaturated/α-hetero) is 1. The van der Waals surface area contributed by atoms with E-state index in [2.05, 4.69) is 20.4 Å². The molecule has 4 aliphatic rings. The van der Waals surface area contributed by atoms with Crippen LogP contribution >= 0.6 is 0 Å². The number of allylic oxidation sites excluding steroid dienone is 5. The highest BCUT2D eigenvalue weighted by atomic mass is 16.3. The third kappa shape index (κ3) is 2.14. The molecule has 0 saturated heterocycles. The number of fused-ring (bicyclic) bond motifs is 5. The Morgan fingerprint density at radius 1 is 1.36 bits per heavy atom. The first-order valence-corrected chi connectivity index (χ1v) is 9.49. The summed E-state index contributed by atoms with van der Waals surface area (Å²) in [5, 5.41) is 11.2. The Labute approximate surface area is 149 Å². The van der Waals surface area contributed by atoms with Gasteiger partial charge in [0.05, 0.1) is 6.10 Å². The van der Waals surface area contributed by atoms with Crippen molar-refractivity contribution in [2.24, 2.45) is 34.5 Å². The normalized spacial score (nSPS) is 48.5. The van der Waals surface area contributed by atoms with Crippen LogP contribution < -0.4 is 0 Å². The van der Waals surface area contributed by atoms with Crippen molar-refractivity contribution in [3.63, 3.8) is 0 Å². The fourth-order valence-corrected chi connectivity index (χ4v) is 7.04. The van der Waals surface area contributed by atoms with Gasteiger partial charge in [0.15, 0.2) is 5.78 Å². The minimum atomic E-state index is -0.453. The lowest BCUT2D eigenvalue weighted by molar-refractivity contribution is -0.136. The summed E-state index contributed by atoms with van der Waals surface area (Å²) in [5.41, 5.74) is 1.79. The van der Waals surface area contributed by atoms with Crippen molar-refractivity contribution in [1.82, 2.24) is 0 Å². The second-order valence-corrected chi connectivity index (χ2v) is 9.21. The fraction of sp³-hybridized carbons (Fsp3) is 0.636. The fourth-order valence-electron chi connectivity index (χ4n) is 7.04. The average molecular weight is 340 g/mol. The van der Waals surface area contributed by atoms with Gasteiger partial charge < -0.3 is 5.11 Å². The van der Waals surface area contributed by atoms with E-state index in [1.165, 1.54) is 5.57 Å². The molecule has 4 rings (SSSR count). The Kier molecular flexibility index (Phi) is 3.57. The second kappa shape index (κ2) is 5.26. The Balaban J connectivity index is 1.77. The van der Waals surface area contributed by atoms with E-state index in [0.717, 1.165) is 24.8 Å². The first-order chi connectivity index (χ1) is 11.7. The number of rotatable bonds is 1.